The normalized spacial score (nSPS) is 11.2. The highest BCUT2D eigenvalue weighted by Gasteiger charge is 2.17. The third-order valence-corrected chi connectivity index (χ3v) is 4.75. The number of rotatable bonds is 6. The van der Waals surface area contributed by atoms with Gasteiger partial charge in [-0.25, -0.2) is 14.4 Å². The van der Waals surface area contributed by atoms with Crippen molar-refractivity contribution in [2.45, 2.75) is 26.2 Å². The van der Waals surface area contributed by atoms with E-state index in [2.05, 4.69) is 26.9 Å². The summed E-state index contributed by atoms with van der Waals surface area (Å²) in [5.41, 5.74) is 3.64. The summed E-state index contributed by atoms with van der Waals surface area (Å²) in [4.78, 5) is 14.5. The van der Waals surface area contributed by atoms with E-state index < -0.39 is 5.82 Å². The molecule has 0 atom stereocenters. The Hall–Kier alpha value is -2.86. The van der Waals surface area contributed by atoms with Crippen LogP contribution in [0.5, 0.6) is 11.6 Å². The van der Waals surface area contributed by atoms with Gasteiger partial charge in [0.05, 0.1) is 16.9 Å². The summed E-state index contributed by atoms with van der Waals surface area (Å²) in [5.74, 6) is 0.242. The number of aryl methyl sites for hydroxylation is 1. The van der Waals surface area contributed by atoms with E-state index >= 15 is 0 Å². The summed E-state index contributed by atoms with van der Waals surface area (Å²) < 4.78 is 20.3. The fourth-order valence-corrected chi connectivity index (χ4v) is 3.43. The number of nitrogens with one attached hydrogen (secondary N) is 2. The second-order valence-electron chi connectivity index (χ2n) is 6.34. The number of hydrogen-bond acceptors (Lipinski definition) is 3. The molecule has 27 heavy (non-hydrogen) atoms. The lowest BCUT2D eigenvalue weighted by atomic mass is 10.1. The van der Waals surface area contributed by atoms with Crippen LogP contribution in [0.4, 0.5) is 4.39 Å². The molecular formula is C20H18ClFN4O. The summed E-state index contributed by atoms with van der Waals surface area (Å²) in [5, 5.41) is 0.783. The summed E-state index contributed by atoms with van der Waals surface area (Å²) in [6, 6.07) is 5.02. The lowest BCUT2D eigenvalue weighted by Gasteiger charge is -2.09. The zero-order valence-electron chi connectivity index (χ0n) is 14.7. The van der Waals surface area contributed by atoms with Crippen molar-refractivity contribution in [1.29, 1.82) is 0 Å². The smallest absolute Gasteiger partial charge is 0.219 e. The topological polar surface area (TPSA) is 66.6 Å². The molecule has 0 aliphatic heterocycles. The van der Waals surface area contributed by atoms with Gasteiger partial charge in [-0.05, 0) is 23.6 Å². The molecule has 0 radical (unpaired) electrons. The van der Waals surface area contributed by atoms with Gasteiger partial charge >= 0.3 is 0 Å². The number of aromatic nitrogens is 4. The lowest BCUT2D eigenvalue weighted by Crippen LogP contribution is -1.94. The van der Waals surface area contributed by atoms with Gasteiger partial charge < -0.3 is 14.7 Å². The first kappa shape index (κ1) is 17.5. The summed E-state index contributed by atoms with van der Waals surface area (Å²) in [7, 11) is 0. The van der Waals surface area contributed by atoms with Gasteiger partial charge in [-0.2, -0.15) is 0 Å². The fourth-order valence-electron chi connectivity index (χ4n) is 3.16. The molecule has 2 N–H and O–H groups in total. The maximum atomic E-state index is 14.4. The Morgan fingerprint density at radius 2 is 2.15 bits per heavy atom. The van der Waals surface area contributed by atoms with Crippen LogP contribution in [0.25, 0.3) is 10.9 Å². The zero-order valence-corrected chi connectivity index (χ0v) is 15.5. The lowest BCUT2D eigenvalue weighted by molar-refractivity contribution is 0.462. The standard InChI is InChI=1S/C20H18ClFN4O/c1-2-3-13-9-25-20-16(8-15(22)19(21)18(13)20)27-17-7-12(4-5-24-17)6-14-10-23-11-26-14/h4-5,7-11,25H,2-3,6H2,1H3,(H,23,26). The average molecular weight is 385 g/mol. The summed E-state index contributed by atoms with van der Waals surface area (Å²) in [6.07, 6.45) is 9.35. The Morgan fingerprint density at radius 1 is 1.26 bits per heavy atom. The summed E-state index contributed by atoms with van der Waals surface area (Å²) in [6.45, 7) is 2.07. The molecule has 138 valence electrons. The van der Waals surface area contributed by atoms with Crippen LogP contribution in [0.1, 0.15) is 30.2 Å². The Morgan fingerprint density at radius 3 is 2.93 bits per heavy atom. The van der Waals surface area contributed by atoms with E-state index in [9.17, 15) is 4.39 Å². The largest absolute Gasteiger partial charge is 0.437 e. The molecule has 0 aliphatic rings. The quantitative estimate of drug-likeness (QED) is 0.466. The van der Waals surface area contributed by atoms with Crippen molar-refractivity contribution >= 4 is 22.5 Å². The van der Waals surface area contributed by atoms with Crippen molar-refractivity contribution in [1.82, 2.24) is 19.9 Å². The van der Waals surface area contributed by atoms with Crippen LogP contribution in [-0.4, -0.2) is 19.9 Å². The number of hydrogen-bond donors (Lipinski definition) is 2. The first-order valence-corrected chi connectivity index (χ1v) is 9.11. The number of benzene rings is 1. The van der Waals surface area contributed by atoms with Gasteiger partial charge in [0.25, 0.3) is 0 Å². The van der Waals surface area contributed by atoms with E-state index in [1.165, 1.54) is 6.07 Å². The molecule has 3 aromatic heterocycles. The molecule has 3 heterocycles. The third kappa shape index (κ3) is 3.53. The molecule has 7 heteroatoms. The monoisotopic (exact) mass is 384 g/mol. The van der Waals surface area contributed by atoms with Gasteiger partial charge in [-0.15, -0.1) is 0 Å². The fraction of sp³-hybridized carbons (Fsp3) is 0.200. The number of imidazole rings is 1. The highest BCUT2D eigenvalue weighted by atomic mass is 35.5. The number of pyridine rings is 1. The molecule has 4 aromatic rings. The predicted octanol–water partition coefficient (Wildman–Crippen LogP) is 5.41. The number of H-pyrrole nitrogens is 2. The van der Waals surface area contributed by atoms with Crippen LogP contribution in [0.3, 0.4) is 0 Å². The van der Waals surface area contributed by atoms with Gasteiger partial charge in [0.1, 0.15) is 5.82 Å². The Labute approximate surface area is 160 Å². The first-order chi connectivity index (χ1) is 13.2. The van der Waals surface area contributed by atoms with Gasteiger partial charge in [0.2, 0.25) is 5.88 Å². The van der Waals surface area contributed by atoms with Crippen molar-refractivity contribution in [2.24, 2.45) is 0 Å². The molecule has 0 amide bonds. The second kappa shape index (κ2) is 7.40. The Bertz CT molecular complexity index is 1080. The van der Waals surface area contributed by atoms with Gasteiger partial charge in [-0.3, -0.25) is 0 Å². The minimum Gasteiger partial charge on any atom is -0.437 e. The van der Waals surface area contributed by atoms with E-state index in [0.29, 0.717) is 29.0 Å². The second-order valence-corrected chi connectivity index (χ2v) is 6.72. The van der Waals surface area contributed by atoms with E-state index in [1.807, 2.05) is 18.3 Å². The van der Waals surface area contributed by atoms with Crippen molar-refractivity contribution in [3.63, 3.8) is 0 Å². The SMILES string of the molecule is CCCc1c[nH]c2c(Oc3cc(Cc4cnc[nH]4)ccn3)cc(F)c(Cl)c12. The molecule has 0 aliphatic carbocycles. The average Bonchev–Trinajstić information content (AvgIpc) is 3.30. The molecule has 5 nitrogen and oxygen atoms in total. The minimum absolute atomic E-state index is 0.114. The number of nitrogens with zero attached hydrogens (tertiary/aromatic N) is 2. The van der Waals surface area contributed by atoms with E-state index in [0.717, 1.165) is 29.7 Å². The van der Waals surface area contributed by atoms with Gasteiger partial charge in [0, 0.05) is 48.2 Å². The van der Waals surface area contributed by atoms with Gasteiger partial charge in [-0.1, -0.05) is 24.9 Å². The van der Waals surface area contributed by atoms with E-state index in [-0.39, 0.29) is 5.02 Å². The van der Waals surface area contributed by atoms with Crippen LogP contribution >= 0.6 is 11.6 Å². The molecule has 4 rings (SSSR count). The van der Waals surface area contributed by atoms with Crippen LogP contribution in [0, 0.1) is 5.82 Å². The molecule has 0 bridgehead atoms. The molecule has 0 spiro atoms. The van der Waals surface area contributed by atoms with Crippen LogP contribution in [0.15, 0.2) is 43.1 Å². The minimum atomic E-state index is -0.510. The molecule has 0 unspecified atom stereocenters. The van der Waals surface area contributed by atoms with Crippen molar-refractivity contribution in [3.05, 3.63) is 70.8 Å². The van der Waals surface area contributed by atoms with E-state index in [4.69, 9.17) is 16.3 Å². The number of aromatic amines is 2. The predicted molar refractivity (Wildman–Crippen MR) is 103 cm³/mol. The maximum absolute atomic E-state index is 14.4. The van der Waals surface area contributed by atoms with Crippen molar-refractivity contribution in [3.8, 4) is 11.6 Å². The number of fused-ring (bicyclic) bond motifs is 1. The number of halogens is 2. The third-order valence-electron chi connectivity index (χ3n) is 4.38. The highest BCUT2D eigenvalue weighted by Crippen LogP contribution is 2.37. The Balaban J connectivity index is 1.68. The molecule has 0 saturated heterocycles. The first-order valence-electron chi connectivity index (χ1n) is 8.73. The van der Waals surface area contributed by atoms with E-state index in [1.54, 1.807) is 18.7 Å². The summed E-state index contributed by atoms with van der Waals surface area (Å²) >= 11 is 6.21. The number of ether oxygens (including phenoxy) is 1. The van der Waals surface area contributed by atoms with Crippen molar-refractivity contribution in [2.75, 3.05) is 0 Å². The van der Waals surface area contributed by atoms with Crippen LogP contribution in [0.2, 0.25) is 5.02 Å². The van der Waals surface area contributed by atoms with Crippen LogP contribution in [-0.2, 0) is 12.8 Å². The molecular weight excluding hydrogens is 367 g/mol. The Kier molecular flexibility index (Phi) is 4.81. The van der Waals surface area contributed by atoms with Crippen molar-refractivity contribution < 1.29 is 9.13 Å². The zero-order chi connectivity index (χ0) is 18.8. The molecule has 1 aromatic carbocycles. The molecule has 0 fully saturated rings. The van der Waals surface area contributed by atoms with Gasteiger partial charge in [0.15, 0.2) is 5.75 Å². The molecule has 0 saturated carbocycles. The highest BCUT2D eigenvalue weighted by molar-refractivity contribution is 6.36. The van der Waals surface area contributed by atoms with Crippen LogP contribution < -0.4 is 4.74 Å². The maximum Gasteiger partial charge on any atom is 0.219 e.